The topological polar surface area (TPSA) is 112 Å². The van der Waals surface area contributed by atoms with E-state index in [-0.39, 0.29) is 48.4 Å². The highest BCUT2D eigenvalue weighted by molar-refractivity contribution is 7.91. The van der Waals surface area contributed by atoms with Gasteiger partial charge in [-0.25, -0.2) is 8.42 Å². The van der Waals surface area contributed by atoms with E-state index < -0.39 is 28.3 Å². The molecule has 0 bridgehead atoms. The van der Waals surface area contributed by atoms with E-state index in [2.05, 4.69) is 0 Å². The number of amides is 2. The molecule has 9 heteroatoms. The largest absolute Gasteiger partial charge is 0.480 e. The summed E-state index contributed by atoms with van der Waals surface area (Å²) in [7, 11) is -3.11. The van der Waals surface area contributed by atoms with E-state index in [1.165, 1.54) is 9.80 Å². The average Bonchev–Trinajstić information content (AvgIpc) is 2.97. The summed E-state index contributed by atoms with van der Waals surface area (Å²) < 4.78 is 23.1. The summed E-state index contributed by atoms with van der Waals surface area (Å²) in [6, 6.07) is -0.646. The van der Waals surface area contributed by atoms with Crippen LogP contribution in [0.2, 0.25) is 0 Å². The molecule has 2 heterocycles. The molecule has 2 saturated heterocycles. The predicted molar refractivity (Wildman–Crippen MR) is 81.4 cm³/mol. The molecule has 0 aromatic carbocycles. The van der Waals surface area contributed by atoms with Crippen LogP contribution in [0.4, 0.5) is 0 Å². The van der Waals surface area contributed by atoms with Crippen LogP contribution in [0.1, 0.15) is 26.7 Å². The fourth-order valence-corrected chi connectivity index (χ4v) is 4.90. The van der Waals surface area contributed by atoms with Gasteiger partial charge in [0.2, 0.25) is 11.8 Å². The van der Waals surface area contributed by atoms with E-state index in [1.54, 1.807) is 13.8 Å². The SMILES string of the molecule is CC(C)N(CC(=O)O)C(=O)C1CC(=O)N(C2CCS(=O)(=O)C2)C1. The first-order valence-electron chi connectivity index (χ1n) is 7.63. The van der Waals surface area contributed by atoms with E-state index in [1.807, 2.05) is 0 Å². The number of carboxylic acids is 1. The average molecular weight is 346 g/mol. The molecule has 0 spiro atoms. The van der Waals surface area contributed by atoms with Gasteiger partial charge in [-0.3, -0.25) is 14.4 Å². The van der Waals surface area contributed by atoms with Gasteiger partial charge in [-0.2, -0.15) is 0 Å². The zero-order chi connectivity index (χ0) is 17.4. The number of nitrogens with zero attached hydrogens (tertiary/aromatic N) is 2. The lowest BCUT2D eigenvalue weighted by molar-refractivity contribution is -0.147. The van der Waals surface area contributed by atoms with Gasteiger partial charge >= 0.3 is 5.97 Å². The molecule has 2 rings (SSSR count). The van der Waals surface area contributed by atoms with Gasteiger partial charge in [-0.15, -0.1) is 0 Å². The van der Waals surface area contributed by atoms with Crippen molar-refractivity contribution in [1.82, 2.24) is 9.80 Å². The molecule has 0 radical (unpaired) electrons. The maximum Gasteiger partial charge on any atom is 0.323 e. The van der Waals surface area contributed by atoms with Crippen LogP contribution in [0.5, 0.6) is 0 Å². The van der Waals surface area contributed by atoms with Gasteiger partial charge in [-0.1, -0.05) is 0 Å². The van der Waals surface area contributed by atoms with Crippen LogP contribution in [-0.4, -0.2) is 77.8 Å². The molecule has 0 aromatic heterocycles. The number of rotatable bonds is 5. The lowest BCUT2D eigenvalue weighted by atomic mass is 10.1. The summed E-state index contributed by atoms with van der Waals surface area (Å²) in [4.78, 5) is 38.3. The lowest BCUT2D eigenvalue weighted by Gasteiger charge is -2.28. The zero-order valence-corrected chi connectivity index (χ0v) is 14.1. The summed E-state index contributed by atoms with van der Waals surface area (Å²) >= 11 is 0. The minimum atomic E-state index is -3.11. The molecule has 2 unspecified atom stereocenters. The standard InChI is InChI=1S/C14H22N2O6S/c1-9(2)15(7-13(18)19)14(20)10-5-12(17)16(6-10)11-3-4-23(21,22)8-11/h9-11H,3-8H2,1-2H3,(H,18,19). The number of carbonyl (C=O) groups excluding carboxylic acids is 2. The molecule has 130 valence electrons. The second-order valence-electron chi connectivity index (χ2n) is 6.46. The number of likely N-dealkylation sites (tertiary alicyclic amines) is 1. The molecular weight excluding hydrogens is 324 g/mol. The van der Waals surface area contributed by atoms with Crippen molar-refractivity contribution < 1.29 is 27.9 Å². The summed E-state index contributed by atoms with van der Waals surface area (Å²) in [6.07, 6.45) is 0.413. The number of hydrogen-bond acceptors (Lipinski definition) is 5. The first kappa shape index (κ1) is 17.7. The van der Waals surface area contributed by atoms with Crippen molar-refractivity contribution in [3.05, 3.63) is 0 Å². The Morgan fingerprint density at radius 2 is 2.04 bits per heavy atom. The van der Waals surface area contributed by atoms with Gasteiger partial charge in [0.25, 0.3) is 0 Å². The number of carbonyl (C=O) groups is 3. The van der Waals surface area contributed by atoms with Crippen LogP contribution in [-0.2, 0) is 24.2 Å². The first-order valence-corrected chi connectivity index (χ1v) is 9.45. The van der Waals surface area contributed by atoms with Crippen molar-refractivity contribution >= 4 is 27.6 Å². The second kappa shape index (κ2) is 6.46. The highest BCUT2D eigenvalue weighted by atomic mass is 32.2. The van der Waals surface area contributed by atoms with Gasteiger partial charge in [-0.05, 0) is 20.3 Å². The van der Waals surface area contributed by atoms with E-state index in [4.69, 9.17) is 5.11 Å². The Kier molecular flexibility index (Phi) is 4.98. The molecule has 0 saturated carbocycles. The normalized spacial score (nSPS) is 26.7. The highest BCUT2D eigenvalue weighted by Gasteiger charge is 2.43. The Morgan fingerprint density at radius 3 is 2.52 bits per heavy atom. The van der Waals surface area contributed by atoms with Crippen molar-refractivity contribution in [3.63, 3.8) is 0 Å². The van der Waals surface area contributed by atoms with Gasteiger partial charge in [0, 0.05) is 25.0 Å². The molecule has 0 aromatic rings. The van der Waals surface area contributed by atoms with Gasteiger partial charge in [0.05, 0.1) is 17.4 Å². The molecule has 8 nitrogen and oxygen atoms in total. The van der Waals surface area contributed by atoms with Crippen LogP contribution in [0, 0.1) is 5.92 Å². The van der Waals surface area contributed by atoms with Crippen LogP contribution >= 0.6 is 0 Å². The van der Waals surface area contributed by atoms with Crippen LogP contribution < -0.4 is 0 Å². The Hall–Kier alpha value is -1.64. The molecule has 2 aliphatic rings. The second-order valence-corrected chi connectivity index (χ2v) is 8.69. The summed E-state index contributed by atoms with van der Waals surface area (Å²) in [5, 5.41) is 8.92. The fourth-order valence-electron chi connectivity index (χ4n) is 3.17. The number of aliphatic carboxylic acids is 1. The summed E-state index contributed by atoms with van der Waals surface area (Å²) in [6.45, 7) is 3.21. The Bertz CT molecular complexity index is 615. The Balaban J connectivity index is 2.06. The molecule has 2 fully saturated rings. The van der Waals surface area contributed by atoms with Crippen LogP contribution in [0.25, 0.3) is 0 Å². The Labute approximate surface area is 135 Å². The third-order valence-electron chi connectivity index (χ3n) is 4.37. The summed E-state index contributed by atoms with van der Waals surface area (Å²) in [5.74, 6) is -2.29. The molecule has 23 heavy (non-hydrogen) atoms. The van der Waals surface area contributed by atoms with Gasteiger partial charge in [0.15, 0.2) is 9.84 Å². The quantitative estimate of drug-likeness (QED) is 0.707. The van der Waals surface area contributed by atoms with Crippen molar-refractivity contribution in [2.24, 2.45) is 5.92 Å². The third-order valence-corrected chi connectivity index (χ3v) is 6.12. The van der Waals surface area contributed by atoms with Crippen LogP contribution in [0.3, 0.4) is 0 Å². The van der Waals surface area contributed by atoms with E-state index in [9.17, 15) is 22.8 Å². The smallest absolute Gasteiger partial charge is 0.323 e. The maximum atomic E-state index is 12.5. The number of carboxylic acid groups (broad SMARTS) is 1. The highest BCUT2D eigenvalue weighted by Crippen LogP contribution is 2.27. The van der Waals surface area contributed by atoms with Crippen molar-refractivity contribution in [3.8, 4) is 0 Å². The molecular formula is C14H22N2O6S. The third kappa shape index (κ3) is 4.01. The van der Waals surface area contributed by atoms with E-state index in [0.717, 1.165) is 0 Å². The van der Waals surface area contributed by atoms with E-state index >= 15 is 0 Å². The predicted octanol–water partition coefficient (Wildman–Crippen LogP) is -0.656. The minimum Gasteiger partial charge on any atom is -0.480 e. The number of sulfone groups is 1. The summed E-state index contributed by atoms with van der Waals surface area (Å²) in [5.41, 5.74) is 0. The Morgan fingerprint density at radius 1 is 1.39 bits per heavy atom. The van der Waals surface area contributed by atoms with Crippen molar-refractivity contribution in [2.45, 2.75) is 38.8 Å². The lowest BCUT2D eigenvalue weighted by Crippen LogP contribution is -2.45. The zero-order valence-electron chi connectivity index (χ0n) is 13.3. The monoisotopic (exact) mass is 346 g/mol. The maximum absolute atomic E-state index is 12.5. The molecule has 2 aliphatic heterocycles. The molecule has 0 aliphatic carbocycles. The first-order chi connectivity index (χ1) is 10.6. The minimum absolute atomic E-state index is 0.0121. The van der Waals surface area contributed by atoms with Crippen molar-refractivity contribution in [1.29, 1.82) is 0 Å². The van der Waals surface area contributed by atoms with E-state index in [0.29, 0.717) is 6.42 Å². The molecule has 1 N–H and O–H groups in total. The van der Waals surface area contributed by atoms with Gasteiger partial charge < -0.3 is 14.9 Å². The fraction of sp³-hybridized carbons (Fsp3) is 0.786. The number of hydrogen-bond donors (Lipinski definition) is 1. The molecule has 2 atom stereocenters. The van der Waals surface area contributed by atoms with Crippen LogP contribution in [0.15, 0.2) is 0 Å². The van der Waals surface area contributed by atoms with Gasteiger partial charge in [0.1, 0.15) is 6.54 Å². The molecule has 2 amide bonds. The van der Waals surface area contributed by atoms with Crippen molar-refractivity contribution in [2.75, 3.05) is 24.6 Å².